The second kappa shape index (κ2) is 9.72. The van der Waals surface area contributed by atoms with Gasteiger partial charge in [0.2, 0.25) is 11.6 Å². The molecule has 9 heteroatoms. The lowest BCUT2D eigenvalue weighted by Crippen LogP contribution is -1.97. The molecular formula is C24H22ClN3O4S. The number of aryl methyl sites for hydroxylation is 2. The Kier molecular flexibility index (Phi) is 6.76. The van der Waals surface area contributed by atoms with Gasteiger partial charge >= 0.3 is 0 Å². The standard InChI is InChI=1S/C24H22ClN3O4S/c1-13-12-26-24(27-14(13)2)33-23-19(28-22(32-23)15-8-6-7-9-17(15)25)16-10-11-18(29-3)21(31-5)20(16)30-4/h6-12H,1-5H3. The van der Waals surface area contributed by atoms with Gasteiger partial charge in [-0.05, 0) is 55.4 Å². The van der Waals surface area contributed by atoms with Gasteiger partial charge in [-0.2, -0.15) is 0 Å². The summed E-state index contributed by atoms with van der Waals surface area (Å²) in [6, 6.07) is 11.0. The van der Waals surface area contributed by atoms with E-state index in [4.69, 9.17) is 35.2 Å². The van der Waals surface area contributed by atoms with E-state index in [9.17, 15) is 0 Å². The van der Waals surface area contributed by atoms with Crippen LogP contribution in [0.1, 0.15) is 11.3 Å². The Morgan fingerprint density at radius 1 is 0.879 bits per heavy atom. The summed E-state index contributed by atoms with van der Waals surface area (Å²) in [6.07, 6.45) is 1.78. The lowest BCUT2D eigenvalue weighted by molar-refractivity contribution is 0.325. The lowest BCUT2D eigenvalue weighted by Gasteiger charge is -2.15. The molecule has 0 amide bonds. The first kappa shape index (κ1) is 22.9. The van der Waals surface area contributed by atoms with Crippen molar-refractivity contribution in [2.75, 3.05) is 21.3 Å². The van der Waals surface area contributed by atoms with Crippen LogP contribution in [0.3, 0.4) is 0 Å². The Hall–Kier alpha value is -3.23. The number of aromatic nitrogens is 3. The van der Waals surface area contributed by atoms with Crippen LogP contribution in [0.5, 0.6) is 17.2 Å². The van der Waals surface area contributed by atoms with Gasteiger partial charge in [0.15, 0.2) is 21.7 Å². The van der Waals surface area contributed by atoms with Gasteiger partial charge in [-0.1, -0.05) is 23.7 Å². The summed E-state index contributed by atoms with van der Waals surface area (Å²) in [5.74, 6) is 1.84. The fraction of sp³-hybridized carbons (Fsp3) is 0.208. The molecule has 0 aliphatic heterocycles. The number of hydrogen-bond donors (Lipinski definition) is 0. The fourth-order valence-corrected chi connectivity index (χ4v) is 4.26. The van der Waals surface area contributed by atoms with E-state index in [-0.39, 0.29) is 0 Å². The molecule has 7 nitrogen and oxygen atoms in total. The van der Waals surface area contributed by atoms with Crippen molar-refractivity contribution in [2.24, 2.45) is 0 Å². The molecule has 0 unspecified atom stereocenters. The van der Waals surface area contributed by atoms with Crippen LogP contribution in [0.2, 0.25) is 5.02 Å². The normalized spacial score (nSPS) is 10.8. The number of hydrogen-bond acceptors (Lipinski definition) is 8. The molecule has 4 aromatic rings. The highest BCUT2D eigenvalue weighted by molar-refractivity contribution is 7.99. The molecule has 2 aromatic heterocycles. The summed E-state index contributed by atoms with van der Waals surface area (Å²) in [7, 11) is 4.69. The maximum Gasteiger partial charge on any atom is 0.229 e. The number of nitrogens with zero attached hydrogens (tertiary/aromatic N) is 3. The maximum atomic E-state index is 6.42. The Labute approximate surface area is 201 Å². The fourth-order valence-electron chi connectivity index (χ4n) is 3.22. The SMILES string of the molecule is COc1ccc(-c2nc(-c3ccccc3Cl)oc2Sc2ncc(C)c(C)n2)c(OC)c1OC. The molecule has 170 valence electrons. The Bertz CT molecular complexity index is 1310. The third-order valence-electron chi connectivity index (χ3n) is 5.05. The zero-order valence-electron chi connectivity index (χ0n) is 18.8. The van der Waals surface area contributed by atoms with Crippen LogP contribution in [-0.2, 0) is 0 Å². The van der Waals surface area contributed by atoms with Gasteiger partial charge in [0.05, 0.1) is 37.5 Å². The van der Waals surface area contributed by atoms with Crippen molar-refractivity contribution >= 4 is 23.4 Å². The predicted octanol–water partition coefficient (Wildman–Crippen LogP) is 6.25. The van der Waals surface area contributed by atoms with Crippen LogP contribution in [0.15, 0.2) is 57.3 Å². The Morgan fingerprint density at radius 3 is 2.30 bits per heavy atom. The van der Waals surface area contributed by atoms with E-state index < -0.39 is 0 Å². The van der Waals surface area contributed by atoms with Gasteiger partial charge < -0.3 is 18.6 Å². The van der Waals surface area contributed by atoms with Crippen molar-refractivity contribution in [3.05, 3.63) is 58.9 Å². The highest BCUT2D eigenvalue weighted by Crippen LogP contribution is 2.48. The largest absolute Gasteiger partial charge is 0.493 e. The minimum absolute atomic E-state index is 0.374. The zero-order chi connectivity index (χ0) is 23.5. The van der Waals surface area contributed by atoms with Crippen LogP contribution < -0.4 is 14.2 Å². The third kappa shape index (κ3) is 4.49. The molecule has 0 N–H and O–H groups in total. The average Bonchev–Trinajstić information content (AvgIpc) is 3.23. The lowest BCUT2D eigenvalue weighted by atomic mass is 10.1. The van der Waals surface area contributed by atoms with E-state index in [0.29, 0.717) is 55.2 Å². The van der Waals surface area contributed by atoms with Crippen LogP contribution >= 0.6 is 23.4 Å². The molecule has 0 fully saturated rings. The molecule has 4 rings (SSSR count). The van der Waals surface area contributed by atoms with Crippen molar-refractivity contribution in [3.8, 4) is 40.0 Å². The molecule has 0 radical (unpaired) electrons. The zero-order valence-corrected chi connectivity index (χ0v) is 20.4. The van der Waals surface area contributed by atoms with E-state index in [0.717, 1.165) is 11.3 Å². The van der Waals surface area contributed by atoms with E-state index >= 15 is 0 Å². The molecule has 0 atom stereocenters. The van der Waals surface area contributed by atoms with Crippen molar-refractivity contribution in [2.45, 2.75) is 24.1 Å². The second-order valence-corrected chi connectivity index (χ2v) is 8.39. The van der Waals surface area contributed by atoms with Gasteiger partial charge in [0, 0.05) is 11.9 Å². The monoisotopic (exact) mass is 483 g/mol. The summed E-state index contributed by atoms with van der Waals surface area (Å²) < 4.78 is 22.9. The minimum atomic E-state index is 0.374. The number of ether oxygens (including phenoxy) is 3. The maximum absolute atomic E-state index is 6.42. The van der Waals surface area contributed by atoms with Crippen LogP contribution in [-0.4, -0.2) is 36.3 Å². The topological polar surface area (TPSA) is 79.5 Å². The molecular weight excluding hydrogens is 462 g/mol. The van der Waals surface area contributed by atoms with Crippen molar-refractivity contribution in [3.63, 3.8) is 0 Å². The van der Waals surface area contributed by atoms with Gasteiger partial charge in [0.25, 0.3) is 0 Å². The minimum Gasteiger partial charge on any atom is -0.493 e. The summed E-state index contributed by atoms with van der Waals surface area (Å²) in [6.45, 7) is 3.91. The van der Waals surface area contributed by atoms with Crippen LogP contribution in [0.25, 0.3) is 22.7 Å². The number of methoxy groups -OCH3 is 3. The van der Waals surface area contributed by atoms with Crippen molar-refractivity contribution in [1.82, 2.24) is 15.0 Å². The van der Waals surface area contributed by atoms with E-state index in [1.54, 1.807) is 39.7 Å². The van der Waals surface area contributed by atoms with Crippen LogP contribution in [0.4, 0.5) is 0 Å². The first-order valence-electron chi connectivity index (χ1n) is 10.00. The first-order chi connectivity index (χ1) is 16.0. The molecule has 0 bridgehead atoms. The molecule has 0 saturated carbocycles. The first-order valence-corrected chi connectivity index (χ1v) is 11.2. The van der Waals surface area contributed by atoms with Gasteiger partial charge in [-0.25, -0.2) is 15.0 Å². The Balaban J connectivity index is 1.91. The van der Waals surface area contributed by atoms with Crippen molar-refractivity contribution in [1.29, 1.82) is 0 Å². The molecule has 2 aromatic carbocycles. The van der Waals surface area contributed by atoms with Gasteiger partial charge in [-0.15, -0.1) is 0 Å². The number of oxazole rings is 1. The highest BCUT2D eigenvalue weighted by Gasteiger charge is 2.25. The molecule has 0 spiro atoms. The quantitative estimate of drug-likeness (QED) is 0.285. The molecule has 0 aliphatic carbocycles. The van der Waals surface area contributed by atoms with E-state index in [2.05, 4.69) is 9.97 Å². The Morgan fingerprint density at radius 2 is 1.64 bits per heavy atom. The van der Waals surface area contributed by atoms with E-state index in [1.807, 2.05) is 38.1 Å². The molecule has 0 saturated heterocycles. The van der Waals surface area contributed by atoms with Gasteiger partial charge in [0.1, 0.15) is 5.69 Å². The number of benzene rings is 2. The van der Waals surface area contributed by atoms with Crippen molar-refractivity contribution < 1.29 is 18.6 Å². The molecule has 2 heterocycles. The van der Waals surface area contributed by atoms with Gasteiger partial charge in [-0.3, -0.25) is 0 Å². The van der Waals surface area contributed by atoms with E-state index in [1.165, 1.54) is 11.8 Å². The highest BCUT2D eigenvalue weighted by atomic mass is 35.5. The van der Waals surface area contributed by atoms with Crippen LogP contribution in [0, 0.1) is 13.8 Å². The summed E-state index contributed by atoms with van der Waals surface area (Å²) in [4.78, 5) is 13.8. The predicted molar refractivity (Wildman–Crippen MR) is 128 cm³/mol. The second-order valence-electron chi connectivity index (χ2n) is 7.04. The third-order valence-corrected chi connectivity index (χ3v) is 6.22. The summed E-state index contributed by atoms with van der Waals surface area (Å²) in [5, 5.41) is 1.57. The average molecular weight is 484 g/mol. The molecule has 0 aliphatic rings. The summed E-state index contributed by atoms with van der Waals surface area (Å²) >= 11 is 7.69. The smallest absolute Gasteiger partial charge is 0.229 e. The number of halogens is 1. The summed E-state index contributed by atoms with van der Waals surface area (Å²) in [5.41, 5.74) is 3.80. The molecule has 33 heavy (non-hydrogen) atoms. The number of rotatable bonds is 7.